The Bertz CT molecular complexity index is 1510. The Morgan fingerprint density at radius 3 is 2.39 bits per heavy atom. The molecule has 3 unspecified atom stereocenters. The van der Waals surface area contributed by atoms with E-state index in [-0.39, 0.29) is 30.5 Å². The van der Waals surface area contributed by atoms with Gasteiger partial charge in [0, 0.05) is 44.0 Å². The lowest BCUT2D eigenvalue weighted by atomic mass is 9.52. The molecular formula is C28H32F3N5O8. The molecule has 16 heteroatoms. The maximum atomic E-state index is 14.1. The summed E-state index contributed by atoms with van der Waals surface area (Å²) in [4.78, 5) is 69.9. The molecule has 2 saturated carbocycles. The Labute approximate surface area is 249 Å². The van der Waals surface area contributed by atoms with Crippen LogP contribution in [0.3, 0.4) is 0 Å². The average Bonchev–Trinajstić information content (AvgIpc) is 3.39. The third kappa shape index (κ3) is 4.62. The molecular weight excluding hydrogens is 591 g/mol. The number of ketones is 4. The highest BCUT2D eigenvalue weighted by molar-refractivity contribution is 6.32. The summed E-state index contributed by atoms with van der Waals surface area (Å²) >= 11 is 0. The van der Waals surface area contributed by atoms with Gasteiger partial charge < -0.3 is 30.9 Å². The number of hydrogen-bond acceptors (Lipinski definition) is 12. The molecule has 44 heavy (non-hydrogen) atoms. The van der Waals surface area contributed by atoms with E-state index in [0.717, 1.165) is 0 Å². The number of nitrogens with one attached hydrogen (secondary N) is 2. The van der Waals surface area contributed by atoms with Crippen molar-refractivity contribution in [2.45, 2.75) is 43.6 Å². The van der Waals surface area contributed by atoms with Gasteiger partial charge in [-0.3, -0.25) is 34.2 Å². The summed E-state index contributed by atoms with van der Waals surface area (Å²) in [5.41, 5.74) is 3.23. The number of hydrogen-bond donors (Lipinski definition) is 5. The number of allylic oxidation sites excluding steroid dienone is 1. The Hall–Kier alpha value is -4.02. The van der Waals surface area contributed by atoms with Gasteiger partial charge in [0.1, 0.15) is 5.75 Å². The summed E-state index contributed by atoms with van der Waals surface area (Å²) in [7, 11) is 6.35. The average molecular weight is 624 g/mol. The van der Waals surface area contributed by atoms with Crippen LogP contribution in [-0.2, 0) is 36.9 Å². The summed E-state index contributed by atoms with van der Waals surface area (Å²) in [6.07, 6.45) is -5.40. The molecule has 1 heterocycles. The van der Waals surface area contributed by atoms with Crippen molar-refractivity contribution in [3.8, 4) is 5.75 Å². The number of ether oxygens (including phenoxy) is 1. The van der Waals surface area contributed by atoms with Crippen LogP contribution in [0.15, 0.2) is 18.0 Å². The van der Waals surface area contributed by atoms with Crippen molar-refractivity contribution >= 4 is 34.7 Å². The second-order valence-electron chi connectivity index (χ2n) is 12.0. The SMILES string of the molecule is CN(C)c1cc(CNC2NC=C(C(F)(F)F)O2)c(O)c2c1C[C@H]1C[C@H]3[C@H](N(C)C)C(=O)C(C(N)=O)C(=O)[C@@]3(O)C(=O)C1C2=O. The summed E-state index contributed by atoms with van der Waals surface area (Å²) in [6.45, 7) is -0.261. The highest BCUT2D eigenvalue weighted by atomic mass is 19.4. The zero-order valence-corrected chi connectivity index (χ0v) is 24.2. The smallest absolute Gasteiger partial charge is 0.450 e. The first-order valence-corrected chi connectivity index (χ1v) is 13.7. The zero-order chi connectivity index (χ0) is 32.6. The number of aliphatic hydroxyl groups is 1. The topological polar surface area (TPSA) is 192 Å². The van der Waals surface area contributed by atoms with Crippen LogP contribution in [0.1, 0.15) is 27.9 Å². The largest absolute Gasteiger partial charge is 0.507 e. The number of fused-ring (bicyclic) bond motifs is 3. The minimum Gasteiger partial charge on any atom is -0.507 e. The number of Topliss-reactive ketones (excluding diaryl/α,β-unsaturated/α-hetero) is 4. The highest BCUT2D eigenvalue weighted by Gasteiger charge is 2.69. The van der Waals surface area contributed by atoms with E-state index in [2.05, 4.69) is 10.6 Å². The van der Waals surface area contributed by atoms with Crippen LogP contribution in [-0.4, -0.2) is 96.5 Å². The van der Waals surface area contributed by atoms with Gasteiger partial charge in [0.25, 0.3) is 0 Å². The Kier molecular flexibility index (Phi) is 7.54. The number of likely N-dealkylation sites (N-methyl/N-ethyl adjacent to an activating group) is 1. The van der Waals surface area contributed by atoms with E-state index < -0.39 is 88.4 Å². The molecule has 4 aliphatic rings. The molecule has 1 aromatic rings. The molecule has 3 aliphatic carbocycles. The number of phenolic OH excluding ortho intramolecular Hbond substituents is 1. The summed E-state index contributed by atoms with van der Waals surface area (Å²) < 4.78 is 43.6. The number of carbonyl (C=O) groups excluding carboxylic acids is 5. The maximum absolute atomic E-state index is 14.1. The van der Waals surface area contributed by atoms with Crippen LogP contribution in [0.2, 0.25) is 0 Å². The third-order valence-corrected chi connectivity index (χ3v) is 8.97. The fraction of sp³-hybridized carbons (Fsp3) is 0.536. The molecule has 2 fully saturated rings. The molecule has 0 spiro atoms. The second kappa shape index (κ2) is 10.6. The zero-order valence-electron chi connectivity index (χ0n) is 24.2. The van der Waals surface area contributed by atoms with Crippen molar-refractivity contribution in [1.29, 1.82) is 0 Å². The molecule has 1 amide bonds. The van der Waals surface area contributed by atoms with Gasteiger partial charge in [0.05, 0.1) is 17.5 Å². The number of halogens is 3. The van der Waals surface area contributed by atoms with Crippen LogP contribution >= 0.6 is 0 Å². The first-order valence-electron chi connectivity index (χ1n) is 13.7. The van der Waals surface area contributed by atoms with Gasteiger partial charge in [-0.15, -0.1) is 0 Å². The number of primary amides is 1. The molecule has 238 valence electrons. The van der Waals surface area contributed by atoms with Crippen LogP contribution in [0.25, 0.3) is 0 Å². The minimum absolute atomic E-state index is 0.0623. The quantitative estimate of drug-likeness (QED) is 0.252. The van der Waals surface area contributed by atoms with Gasteiger partial charge >= 0.3 is 6.18 Å². The summed E-state index contributed by atoms with van der Waals surface area (Å²) in [5.74, 6) is -13.0. The second-order valence-corrected chi connectivity index (χ2v) is 12.0. The highest BCUT2D eigenvalue weighted by Crippen LogP contribution is 2.52. The Morgan fingerprint density at radius 1 is 1.18 bits per heavy atom. The van der Waals surface area contributed by atoms with E-state index in [4.69, 9.17) is 10.5 Å². The van der Waals surface area contributed by atoms with Crippen LogP contribution in [0.4, 0.5) is 18.9 Å². The van der Waals surface area contributed by atoms with E-state index in [0.29, 0.717) is 17.5 Å². The lowest BCUT2D eigenvalue weighted by Gasteiger charge is -2.52. The van der Waals surface area contributed by atoms with Gasteiger partial charge in [0.15, 0.2) is 34.7 Å². The van der Waals surface area contributed by atoms with Crippen molar-refractivity contribution in [3.05, 3.63) is 34.7 Å². The fourth-order valence-electron chi connectivity index (χ4n) is 7.04. The molecule has 5 rings (SSSR count). The molecule has 7 atom stereocenters. The number of alkyl halides is 3. The molecule has 6 N–H and O–H groups in total. The lowest BCUT2D eigenvalue weighted by Crippen LogP contribution is -2.74. The molecule has 0 bridgehead atoms. The first kappa shape index (κ1) is 31.4. The Balaban J connectivity index is 1.52. The number of phenols is 1. The predicted octanol–water partition coefficient (Wildman–Crippen LogP) is -0.670. The number of carbonyl (C=O) groups is 5. The number of aromatic hydroxyl groups is 1. The standard InChI is InChI=1S/C28H32F3N5O8/c1-35(2)14-7-11(8-33-26-34-9-15(44-26)28(29,30)31)20(37)17-12(14)5-10-6-13-19(36(3)4)22(39)18(25(32)42)24(41)27(13,43)23(40)16(10)21(17)38/h7,9-10,13,16,18-19,26,33-34,37,43H,5-6,8H2,1-4H3,(H2,32,42)/t10-,13-,16?,18?,19-,26?,27-/m0/s1. The van der Waals surface area contributed by atoms with Gasteiger partial charge in [-0.2, -0.15) is 13.2 Å². The molecule has 1 aromatic carbocycles. The number of anilines is 1. The van der Waals surface area contributed by atoms with Gasteiger partial charge in [-0.05, 0) is 44.5 Å². The van der Waals surface area contributed by atoms with Gasteiger partial charge in [-0.25, -0.2) is 0 Å². The maximum Gasteiger partial charge on any atom is 0.450 e. The van der Waals surface area contributed by atoms with Gasteiger partial charge in [-0.1, -0.05) is 0 Å². The molecule has 0 aromatic heterocycles. The van der Waals surface area contributed by atoms with E-state index in [1.807, 2.05) is 0 Å². The molecule has 1 aliphatic heterocycles. The number of rotatable bonds is 6. The minimum atomic E-state index is -4.72. The first-order chi connectivity index (χ1) is 20.4. The van der Waals surface area contributed by atoms with E-state index in [9.17, 15) is 47.4 Å². The fourth-order valence-corrected chi connectivity index (χ4v) is 7.04. The van der Waals surface area contributed by atoms with Crippen molar-refractivity contribution in [3.63, 3.8) is 0 Å². The van der Waals surface area contributed by atoms with Crippen LogP contribution in [0.5, 0.6) is 5.75 Å². The van der Waals surface area contributed by atoms with Gasteiger partial charge in [0.2, 0.25) is 18.0 Å². The van der Waals surface area contributed by atoms with Crippen LogP contribution in [0, 0.1) is 23.7 Å². The monoisotopic (exact) mass is 623 g/mol. The Morgan fingerprint density at radius 2 is 1.84 bits per heavy atom. The normalized spacial score (nSPS) is 31.5. The molecule has 0 radical (unpaired) electrons. The number of benzene rings is 1. The third-order valence-electron chi connectivity index (χ3n) is 8.97. The summed E-state index contributed by atoms with van der Waals surface area (Å²) in [6, 6.07) is 0.335. The summed E-state index contributed by atoms with van der Waals surface area (Å²) in [5, 5.41) is 28.0. The number of nitrogens with zero attached hydrogens (tertiary/aromatic N) is 2. The van der Waals surface area contributed by atoms with Crippen LogP contribution < -0.4 is 21.3 Å². The van der Waals surface area contributed by atoms with Crippen molar-refractivity contribution in [2.75, 3.05) is 33.1 Å². The lowest BCUT2D eigenvalue weighted by molar-refractivity contribution is -0.181. The number of amides is 1. The van der Waals surface area contributed by atoms with Crippen molar-refractivity contribution in [2.24, 2.45) is 29.4 Å². The molecule has 0 saturated heterocycles. The molecule has 13 nitrogen and oxygen atoms in total. The van der Waals surface area contributed by atoms with E-state index >= 15 is 0 Å². The van der Waals surface area contributed by atoms with E-state index in [1.165, 1.54) is 19.0 Å². The van der Waals surface area contributed by atoms with E-state index in [1.54, 1.807) is 25.1 Å². The van der Waals surface area contributed by atoms with Crippen molar-refractivity contribution < 1.29 is 52.1 Å². The predicted molar refractivity (Wildman–Crippen MR) is 145 cm³/mol. The number of nitrogens with two attached hydrogens (primary N) is 1. The van der Waals surface area contributed by atoms with Crippen molar-refractivity contribution in [1.82, 2.24) is 15.5 Å².